The average Bonchev–Trinajstić information content (AvgIpc) is 2.96. The van der Waals surface area contributed by atoms with E-state index in [0.29, 0.717) is 5.02 Å². The summed E-state index contributed by atoms with van der Waals surface area (Å²) in [5.41, 5.74) is 3.99. The molecule has 0 atom stereocenters. The number of hydrogen-bond donors (Lipinski definition) is 0. The Labute approximate surface area is 128 Å². The van der Waals surface area contributed by atoms with E-state index >= 15 is 0 Å². The first-order valence-corrected chi connectivity index (χ1v) is 7.02. The van der Waals surface area contributed by atoms with Crippen molar-refractivity contribution >= 4 is 23.8 Å². The highest BCUT2D eigenvalue weighted by atomic mass is 35.5. The molecular weight excluding hydrogens is 282 g/mol. The second kappa shape index (κ2) is 5.94. The largest absolute Gasteiger partial charge is 0.219 e. The SMILES string of the molecule is Cc1ccc(/C=C/c2cn(-c3ccccc3Cl)nn2)cc1. The lowest BCUT2D eigenvalue weighted by atomic mass is 10.1. The lowest BCUT2D eigenvalue weighted by molar-refractivity contribution is 0.803. The third-order valence-electron chi connectivity index (χ3n) is 3.13. The van der Waals surface area contributed by atoms with Crippen molar-refractivity contribution in [2.24, 2.45) is 0 Å². The van der Waals surface area contributed by atoms with Gasteiger partial charge in [0.15, 0.2) is 0 Å². The summed E-state index contributed by atoms with van der Waals surface area (Å²) in [5, 5.41) is 8.89. The molecule has 3 rings (SSSR count). The molecular formula is C17H14ClN3. The quantitative estimate of drug-likeness (QED) is 0.717. The van der Waals surface area contributed by atoms with Gasteiger partial charge in [0.1, 0.15) is 5.69 Å². The van der Waals surface area contributed by atoms with Gasteiger partial charge in [0.05, 0.1) is 16.9 Å². The molecule has 0 bridgehead atoms. The first kappa shape index (κ1) is 13.6. The number of nitrogens with zero attached hydrogens (tertiary/aromatic N) is 3. The first-order chi connectivity index (χ1) is 10.2. The third kappa shape index (κ3) is 3.20. The highest BCUT2D eigenvalue weighted by molar-refractivity contribution is 6.32. The number of halogens is 1. The van der Waals surface area contributed by atoms with Gasteiger partial charge >= 0.3 is 0 Å². The second-order valence-corrected chi connectivity index (χ2v) is 5.19. The zero-order valence-electron chi connectivity index (χ0n) is 11.6. The van der Waals surface area contributed by atoms with Crippen LogP contribution >= 0.6 is 11.6 Å². The van der Waals surface area contributed by atoms with Crippen LogP contribution in [-0.2, 0) is 0 Å². The Bertz CT molecular complexity index is 773. The minimum Gasteiger partial charge on any atom is -0.219 e. The number of aryl methyl sites for hydroxylation is 1. The van der Waals surface area contributed by atoms with E-state index in [9.17, 15) is 0 Å². The van der Waals surface area contributed by atoms with Crippen LogP contribution in [0, 0.1) is 6.92 Å². The van der Waals surface area contributed by atoms with Crippen LogP contribution in [0.5, 0.6) is 0 Å². The van der Waals surface area contributed by atoms with Gasteiger partial charge in [-0.05, 0) is 30.7 Å². The molecule has 0 saturated carbocycles. The Kier molecular flexibility index (Phi) is 3.84. The standard InChI is InChI=1S/C17H14ClN3/c1-13-6-8-14(9-7-13)10-11-15-12-21(20-19-15)17-5-3-2-4-16(17)18/h2-12H,1H3/b11-10+. The molecule has 0 aliphatic heterocycles. The van der Waals surface area contributed by atoms with E-state index in [4.69, 9.17) is 11.6 Å². The monoisotopic (exact) mass is 295 g/mol. The molecule has 0 aliphatic rings. The number of rotatable bonds is 3. The highest BCUT2D eigenvalue weighted by Crippen LogP contribution is 2.19. The van der Waals surface area contributed by atoms with Crippen LogP contribution in [0.25, 0.3) is 17.8 Å². The molecule has 0 amide bonds. The van der Waals surface area contributed by atoms with Gasteiger partial charge in [0, 0.05) is 0 Å². The molecule has 0 fully saturated rings. The topological polar surface area (TPSA) is 30.7 Å². The van der Waals surface area contributed by atoms with Crippen LogP contribution < -0.4 is 0 Å². The third-order valence-corrected chi connectivity index (χ3v) is 3.45. The molecule has 0 saturated heterocycles. The maximum Gasteiger partial charge on any atom is 0.106 e. The van der Waals surface area contributed by atoms with Crippen LogP contribution in [0.3, 0.4) is 0 Å². The molecule has 1 aromatic heterocycles. The lowest BCUT2D eigenvalue weighted by Gasteiger charge is -2.00. The predicted molar refractivity (Wildman–Crippen MR) is 86.5 cm³/mol. The van der Waals surface area contributed by atoms with E-state index < -0.39 is 0 Å². The second-order valence-electron chi connectivity index (χ2n) is 4.78. The zero-order chi connectivity index (χ0) is 14.7. The number of benzene rings is 2. The van der Waals surface area contributed by atoms with Gasteiger partial charge in [-0.2, -0.15) is 0 Å². The van der Waals surface area contributed by atoms with Crippen molar-refractivity contribution in [1.82, 2.24) is 15.0 Å². The fourth-order valence-corrected chi connectivity index (χ4v) is 2.19. The molecule has 1 heterocycles. The van der Waals surface area contributed by atoms with Crippen molar-refractivity contribution in [2.75, 3.05) is 0 Å². The van der Waals surface area contributed by atoms with Gasteiger partial charge < -0.3 is 0 Å². The van der Waals surface area contributed by atoms with E-state index in [-0.39, 0.29) is 0 Å². The molecule has 0 N–H and O–H groups in total. The van der Waals surface area contributed by atoms with Crippen molar-refractivity contribution in [2.45, 2.75) is 6.92 Å². The van der Waals surface area contributed by atoms with Gasteiger partial charge in [0.2, 0.25) is 0 Å². The van der Waals surface area contributed by atoms with E-state index in [0.717, 1.165) is 16.9 Å². The number of para-hydroxylation sites is 1. The summed E-state index contributed by atoms with van der Waals surface area (Å²) in [6.07, 6.45) is 5.80. The molecule has 0 radical (unpaired) electrons. The fraction of sp³-hybridized carbons (Fsp3) is 0.0588. The Balaban J connectivity index is 1.82. The minimum absolute atomic E-state index is 0.650. The van der Waals surface area contributed by atoms with E-state index in [1.54, 1.807) is 4.68 Å². The Hall–Kier alpha value is -2.39. The molecule has 0 aliphatic carbocycles. The highest BCUT2D eigenvalue weighted by Gasteiger charge is 2.03. The van der Waals surface area contributed by atoms with Gasteiger partial charge in [-0.1, -0.05) is 64.9 Å². The van der Waals surface area contributed by atoms with Crippen molar-refractivity contribution in [3.8, 4) is 5.69 Å². The fourth-order valence-electron chi connectivity index (χ4n) is 1.97. The van der Waals surface area contributed by atoms with Gasteiger partial charge in [-0.3, -0.25) is 0 Å². The Morgan fingerprint density at radius 1 is 1.00 bits per heavy atom. The van der Waals surface area contributed by atoms with Crippen LogP contribution in [0.2, 0.25) is 5.02 Å². The molecule has 4 heteroatoms. The maximum atomic E-state index is 6.15. The molecule has 104 valence electrons. The van der Waals surface area contributed by atoms with Crippen molar-refractivity contribution in [3.63, 3.8) is 0 Å². The van der Waals surface area contributed by atoms with E-state index in [2.05, 4.69) is 41.5 Å². The van der Waals surface area contributed by atoms with Crippen LogP contribution in [0.1, 0.15) is 16.8 Å². The summed E-state index contributed by atoms with van der Waals surface area (Å²) in [7, 11) is 0. The summed E-state index contributed by atoms with van der Waals surface area (Å²) in [5.74, 6) is 0. The number of hydrogen-bond acceptors (Lipinski definition) is 2. The van der Waals surface area contributed by atoms with Crippen LogP contribution in [0.4, 0.5) is 0 Å². The molecule has 2 aromatic carbocycles. The molecule has 21 heavy (non-hydrogen) atoms. The molecule has 0 unspecified atom stereocenters. The van der Waals surface area contributed by atoms with Crippen molar-refractivity contribution in [1.29, 1.82) is 0 Å². The van der Waals surface area contributed by atoms with Gasteiger partial charge in [0.25, 0.3) is 0 Å². The van der Waals surface area contributed by atoms with Gasteiger partial charge in [-0.25, -0.2) is 4.68 Å². The smallest absolute Gasteiger partial charge is 0.106 e. The summed E-state index contributed by atoms with van der Waals surface area (Å²) < 4.78 is 1.68. The lowest BCUT2D eigenvalue weighted by Crippen LogP contribution is -1.95. The summed E-state index contributed by atoms with van der Waals surface area (Å²) >= 11 is 6.15. The molecule has 3 aromatic rings. The maximum absolute atomic E-state index is 6.15. The minimum atomic E-state index is 0.650. The normalized spacial score (nSPS) is 11.1. The zero-order valence-corrected chi connectivity index (χ0v) is 12.3. The first-order valence-electron chi connectivity index (χ1n) is 6.64. The van der Waals surface area contributed by atoms with Crippen molar-refractivity contribution in [3.05, 3.63) is 76.6 Å². The predicted octanol–water partition coefficient (Wildman–Crippen LogP) is 4.40. The Morgan fingerprint density at radius 2 is 1.76 bits per heavy atom. The summed E-state index contributed by atoms with van der Waals surface area (Å²) in [6.45, 7) is 2.07. The summed E-state index contributed by atoms with van der Waals surface area (Å²) in [4.78, 5) is 0. The van der Waals surface area contributed by atoms with Crippen LogP contribution in [-0.4, -0.2) is 15.0 Å². The Morgan fingerprint density at radius 3 is 2.52 bits per heavy atom. The molecule has 3 nitrogen and oxygen atoms in total. The van der Waals surface area contributed by atoms with Gasteiger partial charge in [-0.15, -0.1) is 5.10 Å². The summed E-state index contributed by atoms with van der Waals surface area (Å²) in [6, 6.07) is 15.9. The number of aromatic nitrogens is 3. The van der Waals surface area contributed by atoms with E-state index in [1.165, 1.54) is 5.56 Å². The van der Waals surface area contributed by atoms with E-state index in [1.807, 2.05) is 42.6 Å². The van der Waals surface area contributed by atoms with Crippen molar-refractivity contribution < 1.29 is 0 Å². The van der Waals surface area contributed by atoms with Crippen LogP contribution in [0.15, 0.2) is 54.7 Å². The molecule has 0 spiro atoms. The average molecular weight is 296 g/mol.